The minimum Gasteiger partial charge on any atom is -0.394 e. The fourth-order valence-electron chi connectivity index (χ4n) is 5.69. The number of unbranched alkanes of at least 4 members (excludes halogenated alkanes) is 22. The van der Waals surface area contributed by atoms with E-state index in [0.29, 0.717) is 12.8 Å². The van der Waals surface area contributed by atoms with E-state index in [4.69, 9.17) is 5.11 Å². The second kappa shape index (κ2) is 31.4. The molecule has 3 N–H and O–H groups in total. The number of ketones is 2. The van der Waals surface area contributed by atoms with Gasteiger partial charge in [-0.1, -0.05) is 154 Å². The van der Waals surface area contributed by atoms with Crippen LogP contribution in [0.5, 0.6) is 0 Å². The van der Waals surface area contributed by atoms with Crippen LogP contribution < -0.4 is 0 Å². The van der Waals surface area contributed by atoms with Gasteiger partial charge in [0.15, 0.2) is 5.78 Å². The van der Waals surface area contributed by atoms with Crippen LogP contribution in [-0.4, -0.2) is 45.7 Å². The molecule has 0 aliphatic heterocycles. The number of allylic oxidation sites excluding steroid dienone is 2. The Morgan fingerprint density at radius 1 is 0.548 bits per heavy atom. The minimum absolute atomic E-state index is 0.120. The van der Waals surface area contributed by atoms with E-state index in [1.165, 1.54) is 109 Å². The van der Waals surface area contributed by atoms with Crippen LogP contribution in [0.25, 0.3) is 0 Å². The number of carbonyl (C=O) groups excluding carboxylic acids is 2. The molecule has 0 bridgehead atoms. The molecule has 0 aromatic carbocycles. The number of hydrogen-bond donors (Lipinski definition) is 3. The van der Waals surface area contributed by atoms with Gasteiger partial charge in [-0.2, -0.15) is 0 Å². The van der Waals surface area contributed by atoms with Crippen LogP contribution >= 0.6 is 0 Å². The second-order valence-electron chi connectivity index (χ2n) is 12.6. The van der Waals surface area contributed by atoms with Gasteiger partial charge in [0, 0.05) is 6.42 Å². The Bertz CT molecular complexity index is 632. The molecule has 0 amide bonds. The minimum atomic E-state index is -1.70. The average molecular weight is 595 g/mol. The van der Waals surface area contributed by atoms with Gasteiger partial charge in [0.2, 0.25) is 0 Å². The van der Waals surface area contributed by atoms with Gasteiger partial charge in [0.25, 0.3) is 0 Å². The third-order valence-electron chi connectivity index (χ3n) is 8.61. The Kier molecular flexibility index (Phi) is 30.6. The molecule has 3 atom stereocenters. The van der Waals surface area contributed by atoms with Crippen molar-refractivity contribution < 1.29 is 24.9 Å². The van der Waals surface area contributed by atoms with Gasteiger partial charge in [-0.25, -0.2) is 0 Å². The van der Waals surface area contributed by atoms with Gasteiger partial charge in [0.05, 0.1) is 12.5 Å². The molecule has 5 heteroatoms. The number of Topliss-reactive ketones (excluding diaryl/α,β-unsaturated/α-hetero) is 2. The van der Waals surface area contributed by atoms with Crippen molar-refractivity contribution in [2.45, 2.75) is 199 Å². The fraction of sp³-hybridized carbons (Fsp3) is 0.892. The smallest absolute Gasteiger partial charge is 0.174 e. The maximum absolute atomic E-state index is 13.0. The van der Waals surface area contributed by atoms with Crippen molar-refractivity contribution in [2.75, 3.05) is 6.61 Å². The second-order valence-corrected chi connectivity index (χ2v) is 12.6. The van der Waals surface area contributed by atoms with Crippen molar-refractivity contribution in [2.24, 2.45) is 5.92 Å². The summed E-state index contributed by atoms with van der Waals surface area (Å²) in [5.41, 5.74) is 0. The van der Waals surface area contributed by atoms with Crippen LogP contribution in [0.2, 0.25) is 0 Å². The predicted molar refractivity (Wildman–Crippen MR) is 178 cm³/mol. The topological polar surface area (TPSA) is 94.8 Å². The molecule has 0 spiro atoms. The van der Waals surface area contributed by atoms with E-state index in [0.717, 1.165) is 51.4 Å². The molecule has 0 rings (SSSR count). The lowest BCUT2D eigenvalue weighted by Gasteiger charge is -2.21. The third-order valence-corrected chi connectivity index (χ3v) is 8.61. The summed E-state index contributed by atoms with van der Waals surface area (Å²) in [7, 11) is 0. The zero-order chi connectivity index (χ0) is 31.1. The van der Waals surface area contributed by atoms with Crippen LogP contribution in [0.1, 0.15) is 187 Å². The van der Waals surface area contributed by atoms with Crippen molar-refractivity contribution in [3.05, 3.63) is 12.2 Å². The summed E-state index contributed by atoms with van der Waals surface area (Å²) in [5.74, 6) is -1.63. The lowest BCUT2D eigenvalue weighted by molar-refractivity contribution is -0.144. The molecule has 0 radical (unpaired) electrons. The molecule has 0 aromatic rings. The first-order chi connectivity index (χ1) is 20.5. The summed E-state index contributed by atoms with van der Waals surface area (Å²) in [5, 5.41) is 29.1. The first-order valence-electron chi connectivity index (χ1n) is 18.2. The number of hydrogen-bond acceptors (Lipinski definition) is 5. The first kappa shape index (κ1) is 41.0. The zero-order valence-electron chi connectivity index (χ0n) is 27.8. The Balaban J connectivity index is 4.17. The molecule has 0 aliphatic rings. The van der Waals surface area contributed by atoms with Crippen molar-refractivity contribution >= 4 is 11.6 Å². The van der Waals surface area contributed by atoms with Gasteiger partial charge in [-0.3, -0.25) is 9.59 Å². The Morgan fingerprint density at radius 3 is 1.36 bits per heavy atom. The summed E-state index contributed by atoms with van der Waals surface area (Å²) in [4.78, 5) is 25.8. The molecule has 3 unspecified atom stereocenters. The van der Waals surface area contributed by atoms with E-state index < -0.39 is 30.5 Å². The summed E-state index contributed by atoms with van der Waals surface area (Å²) < 4.78 is 0. The Morgan fingerprint density at radius 2 is 0.929 bits per heavy atom. The third kappa shape index (κ3) is 24.4. The molecular weight excluding hydrogens is 524 g/mol. The molecule has 0 saturated carbocycles. The van der Waals surface area contributed by atoms with E-state index in [-0.39, 0.29) is 5.78 Å². The highest BCUT2D eigenvalue weighted by molar-refractivity contribution is 6.04. The van der Waals surface area contributed by atoms with Crippen LogP contribution in [0.3, 0.4) is 0 Å². The predicted octanol–water partition coefficient (Wildman–Crippen LogP) is 9.58. The number of rotatable bonds is 33. The summed E-state index contributed by atoms with van der Waals surface area (Å²) in [6.45, 7) is 3.80. The monoisotopic (exact) mass is 595 g/mol. The SMILES string of the molecule is CCCCCCCCC=CCCCCCCC(C(=O)CCCCCCCCCCCCCCC)C(=O)C(O)C(O)CO. The molecule has 0 heterocycles. The van der Waals surface area contributed by atoms with Crippen LogP contribution in [0.15, 0.2) is 12.2 Å². The normalized spacial score (nSPS) is 13.9. The van der Waals surface area contributed by atoms with E-state index in [9.17, 15) is 19.8 Å². The van der Waals surface area contributed by atoms with E-state index >= 15 is 0 Å². The maximum atomic E-state index is 13.0. The number of aliphatic hydroxyl groups excluding tert-OH is 3. The lowest BCUT2D eigenvalue weighted by Crippen LogP contribution is -2.42. The molecule has 0 fully saturated rings. The highest BCUT2D eigenvalue weighted by Crippen LogP contribution is 2.20. The fourth-order valence-corrected chi connectivity index (χ4v) is 5.69. The molecule has 248 valence electrons. The van der Waals surface area contributed by atoms with Gasteiger partial charge in [-0.05, 0) is 38.5 Å². The van der Waals surface area contributed by atoms with Gasteiger partial charge in [-0.15, -0.1) is 0 Å². The molecule has 42 heavy (non-hydrogen) atoms. The lowest BCUT2D eigenvalue weighted by atomic mass is 9.86. The standard InChI is InChI=1S/C37H70O5/c1-3-5-7-9-11-13-15-17-19-20-22-24-26-28-30-33(36(41)37(42)35(40)32-38)34(39)31-29-27-25-23-21-18-16-14-12-10-8-6-4-2/h17,19,33,35,37-38,40,42H,3-16,18,20-32H2,1-2H3. The summed E-state index contributed by atoms with van der Waals surface area (Å²) >= 11 is 0. The highest BCUT2D eigenvalue weighted by atomic mass is 16.4. The van der Waals surface area contributed by atoms with Crippen molar-refractivity contribution in [3.8, 4) is 0 Å². The van der Waals surface area contributed by atoms with Crippen LogP contribution in [-0.2, 0) is 9.59 Å². The number of carbonyl (C=O) groups is 2. The van der Waals surface area contributed by atoms with Crippen LogP contribution in [0, 0.1) is 5.92 Å². The Hall–Kier alpha value is -1.04. The van der Waals surface area contributed by atoms with Crippen molar-refractivity contribution in [1.82, 2.24) is 0 Å². The van der Waals surface area contributed by atoms with E-state index in [1.807, 2.05) is 0 Å². The van der Waals surface area contributed by atoms with Gasteiger partial charge < -0.3 is 15.3 Å². The zero-order valence-corrected chi connectivity index (χ0v) is 27.8. The summed E-state index contributed by atoms with van der Waals surface area (Å²) in [6, 6.07) is 0. The van der Waals surface area contributed by atoms with Crippen molar-refractivity contribution in [3.63, 3.8) is 0 Å². The average Bonchev–Trinajstić information content (AvgIpc) is 3.00. The molecule has 0 aromatic heterocycles. The molecule has 5 nitrogen and oxygen atoms in total. The van der Waals surface area contributed by atoms with Gasteiger partial charge in [0.1, 0.15) is 18.0 Å². The summed E-state index contributed by atoms with van der Waals surface area (Å²) in [6.07, 6.45) is 32.2. The highest BCUT2D eigenvalue weighted by Gasteiger charge is 2.33. The molecule has 0 aliphatic carbocycles. The van der Waals surface area contributed by atoms with Gasteiger partial charge >= 0.3 is 0 Å². The maximum Gasteiger partial charge on any atom is 0.174 e. The van der Waals surface area contributed by atoms with Crippen molar-refractivity contribution in [1.29, 1.82) is 0 Å². The van der Waals surface area contributed by atoms with E-state index in [2.05, 4.69) is 26.0 Å². The van der Waals surface area contributed by atoms with Crippen LogP contribution in [0.4, 0.5) is 0 Å². The molecule has 0 saturated heterocycles. The largest absolute Gasteiger partial charge is 0.394 e. The Labute approximate surface area is 260 Å². The van der Waals surface area contributed by atoms with E-state index in [1.54, 1.807) is 0 Å². The first-order valence-corrected chi connectivity index (χ1v) is 18.2. The molecular formula is C37H70O5. The number of aliphatic hydroxyl groups is 3. The quantitative estimate of drug-likeness (QED) is 0.0399.